The molecule has 7 heteroatoms. The molecule has 2 rings (SSSR count). The van der Waals surface area contributed by atoms with Crippen molar-refractivity contribution in [2.24, 2.45) is 0 Å². The van der Waals surface area contributed by atoms with Crippen molar-refractivity contribution in [2.75, 3.05) is 13.2 Å². The predicted octanol–water partition coefficient (Wildman–Crippen LogP) is 2.13. The van der Waals surface area contributed by atoms with Crippen molar-refractivity contribution in [3.63, 3.8) is 0 Å². The molecule has 0 saturated heterocycles. The molecule has 0 aliphatic rings. The number of rotatable bonds is 7. The van der Waals surface area contributed by atoms with Gasteiger partial charge in [0.1, 0.15) is 17.3 Å². The molecule has 0 fully saturated rings. The number of nitrogens with one attached hydrogen (secondary N) is 1. The van der Waals surface area contributed by atoms with Gasteiger partial charge in [-0.15, -0.1) is 0 Å². The standard InChI is InChI=1S/C14H14N2O5/c17-14(11-4-2-1-3-5-11)20-9-8-15-10-12-6-7-13(21-12)16(18)19/h1-7,15H,8-10H2. The van der Waals surface area contributed by atoms with Crippen molar-refractivity contribution in [3.8, 4) is 0 Å². The molecule has 2 aromatic rings. The molecule has 0 unspecified atom stereocenters. The quantitative estimate of drug-likeness (QED) is 0.363. The zero-order valence-corrected chi connectivity index (χ0v) is 11.2. The van der Waals surface area contributed by atoms with Crippen LogP contribution >= 0.6 is 0 Å². The number of benzene rings is 1. The van der Waals surface area contributed by atoms with Crippen LogP contribution in [0.1, 0.15) is 16.1 Å². The van der Waals surface area contributed by atoms with Crippen LogP contribution in [0.25, 0.3) is 0 Å². The lowest BCUT2D eigenvalue weighted by molar-refractivity contribution is -0.402. The van der Waals surface area contributed by atoms with Gasteiger partial charge >= 0.3 is 11.9 Å². The number of nitrogens with zero attached hydrogens (tertiary/aromatic N) is 1. The van der Waals surface area contributed by atoms with Crippen LogP contribution in [0.2, 0.25) is 0 Å². The third-order valence-electron chi connectivity index (χ3n) is 2.65. The van der Waals surface area contributed by atoms with E-state index in [0.717, 1.165) is 0 Å². The van der Waals surface area contributed by atoms with Gasteiger partial charge in [0.25, 0.3) is 0 Å². The van der Waals surface area contributed by atoms with Gasteiger partial charge in [-0.3, -0.25) is 10.1 Å². The largest absolute Gasteiger partial charge is 0.461 e. The molecule has 0 saturated carbocycles. The maximum absolute atomic E-state index is 11.6. The van der Waals surface area contributed by atoms with E-state index >= 15 is 0 Å². The average molecular weight is 290 g/mol. The molecule has 110 valence electrons. The van der Waals surface area contributed by atoms with Crippen molar-refractivity contribution < 1.29 is 18.9 Å². The SMILES string of the molecule is O=C(OCCNCc1ccc([N+](=O)[O-])o1)c1ccccc1. The third kappa shape index (κ3) is 4.43. The molecular weight excluding hydrogens is 276 g/mol. The fourth-order valence-corrected chi connectivity index (χ4v) is 1.64. The lowest BCUT2D eigenvalue weighted by atomic mass is 10.2. The highest BCUT2D eigenvalue weighted by molar-refractivity contribution is 5.89. The molecule has 0 atom stereocenters. The summed E-state index contributed by atoms with van der Waals surface area (Å²) in [4.78, 5) is 21.5. The van der Waals surface area contributed by atoms with Crippen LogP contribution in [-0.2, 0) is 11.3 Å². The first kappa shape index (κ1) is 14.7. The Kier molecular flexibility index (Phi) is 5.05. The van der Waals surface area contributed by atoms with Crippen molar-refractivity contribution in [2.45, 2.75) is 6.54 Å². The summed E-state index contributed by atoms with van der Waals surface area (Å²) >= 11 is 0. The second kappa shape index (κ2) is 7.20. The van der Waals surface area contributed by atoms with E-state index < -0.39 is 4.92 Å². The molecular formula is C14H14N2O5. The van der Waals surface area contributed by atoms with E-state index in [1.807, 2.05) is 6.07 Å². The third-order valence-corrected chi connectivity index (χ3v) is 2.65. The Morgan fingerprint density at radius 3 is 2.67 bits per heavy atom. The van der Waals surface area contributed by atoms with E-state index in [1.165, 1.54) is 12.1 Å². The van der Waals surface area contributed by atoms with Gasteiger partial charge in [0.05, 0.1) is 18.2 Å². The average Bonchev–Trinajstić information content (AvgIpc) is 2.97. The Hall–Kier alpha value is -2.67. The second-order valence-electron chi connectivity index (χ2n) is 4.18. The number of esters is 1. The zero-order chi connectivity index (χ0) is 15.1. The summed E-state index contributed by atoms with van der Waals surface area (Å²) in [5, 5.41) is 13.4. The molecule has 0 bridgehead atoms. The van der Waals surface area contributed by atoms with Gasteiger partial charge in [0.2, 0.25) is 0 Å². The predicted molar refractivity (Wildman–Crippen MR) is 73.8 cm³/mol. The van der Waals surface area contributed by atoms with Crippen LogP contribution in [0.15, 0.2) is 46.9 Å². The van der Waals surface area contributed by atoms with E-state index in [4.69, 9.17) is 9.15 Å². The summed E-state index contributed by atoms with van der Waals surface area (Å²) in [7, 11) is 0. The van der Waals surface area contributed by atoms with Crippen molar-refractivity contribution in [1.82, 2.24) is 5.32 Å². The first-order chi connectivity index (χ1) is 10.2. The molecule has 0 amide bonds. The van der Waals surface area contributed by atoms with Gasteiger partial charge in [-0.25, -0.2) is 4.79 Å². The molecule has 1 heterocycles. The summed E-state index contributed by atoms with van der Waals surface area (Å²) < 4.78 is 10.0. The highest BCUT2D eigenvalue weighted by Gasteiger charge is 2.11. The lowest BCUT2D eigenvalue weighted by Crippen LogP contribution is -2.20. The molecule has 1 N–H and O–H groups in total. The van der Waals surface area contributed by atoms with Crippen LogP contribution in [-0.4, -0.2) is 24.0 Å². The number of carbonyl (C=O) groups excluding carboxylic acids is 1. The van der Waals surface area contributed by atoms with E-state index in [1.54, 1.807) is 24.3 Å². The summed E-state index contributed by atoms with van der Waals surface area (Å²) in [5.41, 5.74) is 0.499. The van der Waals surface area contributed by atoms with Crippen LogP contribution < -0.4 is 5.32 Å². The van der Waals surface area contributed by atoms with Crippen LogP contribution in [0, 0.1) is 10.1 Å². The van der Waals surface area contributed by atoms with E-state index in [9.17, 15) is 14.9 Å². The van der Waals surface area contributed by atoms with E-state index in [2.05, 4.69) is 5.32 Å². The number of ether oxygens (including phenoxy) is 1. The first-order valence-electron chi connectivity index (χ1n) is 6.33. The monoisotopic (exact) mass is 290 g/mol. The summed E-state index contributed by atoms with van der Waals surface area (Å²) in [5.74, 6) is -0.218. The summed E-state index contributed by atoms with van der Waals surface area (Å²) in [6.07, 6.45) is 0. The summed E-state index contributed by atoms with van der Waals surface area (Å²) in [6, 6.07) is 11.5. The molecule has 1 aromatic carbocycles. The Balaban J connectivity index is 1.66. The first-order valence-corrected chi connectivity index (χ1v) is 6.33. The summed E-state index contributed by atoms with van der Waals surface area (Å²) in [6.45, 7) is 0.959. The Morgan fingerprint density at radius 2 is 2.00 bits per heavy atom. The smallest absolute Gasteiger partial charge is 0.433 e. The normalized spacial score (nSPS) is 10.3. The molecule has 0 aliphatic carbocycles. The van der Waals surface area contributed by atoms with Gasteiger partial charge in [-0.2, -0.15) is 0 Å². The Labute approximate surface area is 120 Å². The maximum atomic E-state index is 11.6. The minimum atomic E-state index is -0.592. The highest BCUT2D eigenvalue weighted by Crippen LogP contribution is 2.14. The molecule has 21 heavy (non-hydrogen) atoms. The van der Waals surface area contributed by atoms with Gasteiger partial charge in [-0.1, -0.05) is 18.2 Å². The van der Waals surface area contributed by atoms with Gasteiger partial charge < -0.3 is 14.5 Å². The van der Waals surface area contributed by atoms with Gasteiger partial charge in [0.15, 0.2) is 0 Å². The van der Waals surface area contributed by atoms with Crippen LogP contribution in [0.4, 0.5) is 5.88 Å². The van der Waals surface area contributed by atoms with Crippen molar-refractivity contribution in [3.05, 3.63) is 63.9 Å². The van der Waals surface area contributed by atoms with Crippen molar-refractivity contribution >= 4 is 11.9 Å². The van der Waals surface area contributed by atoms with E-state index in [0.29, 0.717) is 24.4 Å². The lowest BCUT2D eigenvalue weighted by Gasteiger charge is -2.05. The molecule has 0 radical (unpaired) electrons. The minimum Gasteiger partial charge on any atom is -0.461 e. The second-order valence-corrected chi connectivity index (χ2v) is 4.18. The minimum absolute atomic E-state index is 0.205. The number of hydrogen-bond donors (Lipinski definition) is 1. The number of nitro groups is 1. The van der Waals surface area contributed by atoms with Gasteiger partial charge in [0, 0.05) is 6.54 Å². The molecule has 7 nitrogen and oxygen atoms in total. The van der Waals surface area contributed by atoms with Gasteiger partial charge in [-0.05, 0) is 18.2 Å². The zero-order valence-electron chi connectivity index (χ0n) is 11.2. The number of furan rings is 1. The number of carbonyl (C=O) groups is 1. The van der Waals surface area contributed by atoms with E-state index in [-0.39, 0.29) is 18.5 Å². The topological polar surface area (TPSA) is 94.6 Å². The molecule has 0 spiro atoms. The van der Waals surface area contributed by atoms with Crippen LogP contribution in [0.3, 0.4) is 0 Å². The molecule has 1 aromatic heterocycles. The highest BCUT2D eigenvalue weighted by atomic mass is 16.6. The fraction of sp³-hybridized carbons (Fsp3) is 0.214. The molecule has 0 aliphatic heterocycles. The maximum Gasteiger partial charge on any atom is 0.433 e. The van der Waals surface area contributed by atoms with Crippen LogP contribution in [0.5, 0.6) is 0 Å². The van der Waals surface area contributed by atoms with Crippen molar-refractivity contribution in [1.29, 1.82) is 0 Å². The Bertz CT molecular complexity index is 609. The number of hydrogen-bond acceptors (Lipinski definition) is 6. The Morgan fingerprint density at radius 1 is 1.24 bits per heavy atom. The fourth-order valence-electron chi connectivity index (χ4n) is 1.64.